The summed E-state index contributed by atoms with van der Waals surface area (Å²) >= 11 is 3.23. The minimum absolute atomic E-state index is 0.0419. The molecule has 4 nitrogen and oxygen atoms in total. The van der Waals surface area contributed by atoms with Crippen molar-refractivity contribution in [3.8, 4) is 0 Å². The van der Waals surface area contributed by atoms with Crippen molar-refractivity contribution in [2.24, 2.45) is 11.7 Å². The van der Waals surface area contributed by atoms with Crippen LogP contribution in [0.4, 0.5) is 4.39 Å². The third-order valence-electron chi connectivity index (χ3n) is 3.95. The van der Waals surface area contributed by atoms with Crippen LogP contribution in [0.25, 0.3) is 0 Å². The molecule has 1 fully saturated rings. The van der Waals surface area contributed by atoms with Crippen LogP contribution in [0.15, 0.2) is 21.5 Å². The van der Waals surface area contributed by atoms with Crippen molar-refractivity contribution in [3.05, 3.63) is 28.0 Å². The molecule has 1 aromatic rings. The molecule has 2 rings (SSSR count). The Bertz CT molecular complexity index is 636. The average Bonchev–Trinajstić information content (AvgIpc) is 2.43. The number of nitrogens with two attached hydrogens (primary N) is 1. The van der Waals surface area contributed by atoms with Crippen LogP contribution in [0.3, 0.4) is 0 Å². The maximum Gasteiger partial charge on any atom is 0.246 e. The van der Waals surface area contributed by atoms with E-state index in [-0.39, 0.29) is 29.0 Å². The molecule has 21 heavy (non-hydrogen) atoms. The van der Waals surface area contributed by atoms with Gasteiger partial charge in [-0.2, -0.15) is 4.31 Å². The second-order valence-electron chi connectivity index (χ2n) is 5.69. The van der Waals surface area contributed by atoms with Crippen LogP contribution in [-0.4, -0.2) is 25.3 Å². The molecule has 0 bridgehead atoms. The van der Waals surface area contributed by atoms with Crippen LogP contribution in [0.1, 0.15) is 32.3 Å². The number of sulfonamides is 1. The van der Waals surface area contributed by atoms with Gasteiger partial charge in [0.25, 0.3) is 0 Å². The number of rotatable bonds is 3. The quantitative estimate of drug-likeness (QED) is 0.879. The highest BCUT2D eigenvalue weighted by atomic mass is 79.9. The third-order valence-corrected chi connectivity index (χ3v) is 6.38. The van der Waals surface area contributed by atoms with Gasteiger partial charge < -0.3 is 5.73 Å². The molecule has 1 heterocycles. The highest BCUT2D eigenvalue weighted by Gasteiger charge is 2.35. The van der Waals surface area contributed by atoms with Gasteiger partial charge in [0.1, 0.15) is 10.7 Å². The maximum absolute atomic E-state index is 14.4. The lowest BCUT2D eigenvalue weighted by atomic mass is 9.97. The van der Waals surface area contributed by atoms with Crippen LogP contribution in [-0.2, 0) is 16.6 Å². The van der Waals surface area contributed by atoms with Crippen molar-refractivity contribution in [2.75, 3.05) is 6.54 Å². The Labute approximate surface area is 133 Å². The molecule has 2 unspecified atom stereocenters. The first kappa shape index (κ1) is 16.9. The van der Waals surface area contributed by atoms with Crippen molar-refractivity contribution < 1.29 is 12.8 Å². The Hall–Kier alpha value is -0.500. The molecule has 7 heteroatoms. The fourth-order valence-electron chi connectivity index (χ4n) is 2.66. The first-order chi connectivity index (χ1) is 9.77. The Kier molecular flexibility index (Phi) is 5.07. The minimum atomic E-state index is -3.86. The molecule has 0 radical (unpaired) electrons. The van der Waals surface area contributed by atoms with Crippen molar-refractivity contribution in [1.29, 1.82) is 0 Å². The molecule has 118 valence electrons. The third kappa shape index (κ3) is 3.31. The largest absolute Gasteiger partial charge is 0.326 e. The van der Waals surface area contributed by atoms with Crippen molar-refractivity contribution in [3.63, 3.8) is 0 Å². The number of benzene rings is 1. The molecule has 2 atom stereocenters. The first-order valence-corrected chi connectivity index (χ1v) is 9.20. The zero-order valence-electron chi connectivity index (χ0n) is 12.1. The van der Waals surface area contributed by atoms with Gasteiger partial charge in [-0.1, -0.05) is 22.9 Å². The summed E-state index contributed by atoms with van der Waals surface area (Å²) in [5.41, 5.74) is 5.69. The zero-order valence-corrected chi connectivity index (χ0v) is 14.5. The summed E-state index contributed by atoms with van der Waals surface area (Å²) in [6.07, 6.45) is 1.78. The van der Waals surface area contributed by atoms with Gasteiger partial charge in [-0.3, -0.25) is 0 Å². The minimum Gasteiger partial charge on any atom is -0.326 e. The molecule has 0 aliphatic carbocycles. The summed E-state index contributed by atoms with van der Waals surface area (Å²) < 4.78 is 42.0. The Morgan fingerprint density at radius 2 is 2.05 bits per heavy atom. The molecule has 0 saturated carbocycles. The molecular formula is C14H20BrFN2O2S. The van der Waals surface area contributed by atoms with E-state index in [1.807, 2.05) is 13.8 Å². The van der Waals surface area contributed by atoms with Crippen molar-refractivity contribution >= 4 is 26.0 Å². The van der Waals surface area contributed by atoms with E-state index >= 15 is 0 Å². The lowest BCUT2D eigenvalue weighted by molar-refractivity contribution is 0.217. The predicted octanol–water partition coefficient (Wildman–Crippen LogP) is 2.86. The Morgan fingerprint density at radius 3 is 2.67 bits per heavy atom. The lowest BCUT2D eigenvalue weighted by Crippen LogP contribution is -2.45. The fraction of sp³-hybridized carbons (Fsp3) is 0.571. The van der Waals surface area contributed by atoms with E-state index in [1.54, 1.807) is 0 Å². The van der Waals surface area contributed by atoms with E-state index < -0.39 is 15.8 Å². The molecule has 0 amide bonds. The Balaban J connectivity index is 2.51. The standard InChI is InChI=1S/C14H20BrFN2O2S/c1-9-3-4-10(2)18(8-9)21(19,20)13-6-12(15)5-11(7-17)14(13)16/h5-6,9-10H,3-4,7-8,17H2,1-2H3. The van der Waals surface area contributed by atoms with E-state index in [4.69, 9.17) is 5.73 Å². The van der Waals surface area contributed by atoms with Gasteiger partial charge in [-0.05, 0) is 37.8 Å². The summed E-state index contributed by atoms with van der Waals surface area (Å²) in [4.78, 5) is -0.293. The van der Waals surface area contributed by atoms with Crippen molar-refractivity contribution in [2.45, 2.75) is 44.2 Å². The number of halogens is 2. The van der Waals surface area contributed by atoms with Gasteiger partial charge in [0.05, 0.1) is 0 Å². The average molecular weight is 379 g/mol. The van der Waals surface area contributed by atoms with E-state index in [0.717, 1.165) is 12.8 Å². The SMILES string of the molecule is CC1CCC(C)N(S(=O)(=O)c2cc(Br)cc(CN)c2F)C1. The molecule has 1 aliphatic rings. The normalized spacial score (nSPS) is 24.2. The Morgan fingerprint density at radius 1 is 1.38 bits per heavy atom. The number of hydrogen-bond donors (Lipinski definition) is 1. The van der Waals surface area contributed by atoms with E-state index in [1.165, 1.54) is 16.4 Å². The predicted molar refractivity (Wildman–Crippen MR) is 83.7 cm³/mol. The second-order valence-corrected chi connectivity index (χ2v) is 8.46. The summed E-state index contributed by atoms with van der Waals surface area (Å²) in [5, 5.41) is 0. The summed E-state index contributed by atoms with van der Waals surface area (Å²) in [6, 6.07) is 2.71. The van der Waals surface area contributed by atoms with E-state index in [2.05, 4.69) is 15.9 Å². The first-order valence-electron chi connectivity index (χ1n) is 6.97. The molecule has 0 spiro atoms. The van der Waals surface area contributed by atoms with Crippen LogP contribution >= 0.6 is 15.9 Å². The van der Waals surface area contributed by atoms with Crippen LogP contribution in [0.5, 0.6) is 0 Å². The highest BCUT2D eigenvalue weighted by molar-refractivity contribution is 9.10. The lowest BCUT2D eigenvalue weighted by Gasteiger charge is -2.35. The summed E-state index contributed by atoms with van der Waals surface area (Å²) in [5.74, 6) is -0.466. The molecular weight excluding hydrogens is 359 g/mol. The smallest absolute Gasteiger partial charge is 0.246 e. The van der Waals surface area contributed by atoms with Crippen LogP contribution in [0.2, 0.25) is 0 Å². The number of hydrogen-bond acceptors (Lipinski definition) is 3. The van der Waals surface area contributed by atoms with Crippen molar-refractivity contribution in [1.82, 2.24) is 4.31 Å². The fourth-order valence-corrected chi connectivity index (χ4v) is 5.24. The van der Waals surface area contributed by atoms with E-state index in [0.29, 0.717) is 11.0 Å². The highest BCUT2D eigenvalue weighted by Crippen LogP contribution is 2.31. The van der Waals surface area contributed by atoms with Gasteiger partial charge in [0, 0.05) is 29.2 Å². The van der Waals surface area contributed by atoms with Gasteiger partial charge in [0.15, 0.2) is 0 Å². The monoisotopic (exact) mass is 378 g/mol. The molecule has 1 aromatic carbocycles. The van der Waals surface area contributed by atoms with Crippen LogP contribution in [0, 0.1) is 11.7 Å². The molecule has 1 saturated heterocycles. The second kappa shape index (κ2) is 6.32. The summed E-state index contributed by atoms with van der Waals surface area (Å²) in [6.45, 7) is 4.26. The summed E-state index contributed by atoms with van der Waals surface area (Å²) in [7, 11) is -3.86. The van der Waals surface area contributed by atoms with Gasteiger partial charge in [-0.25, -0.2) is 12.8 Å². The number of nitrogens with zero attached hydrogens (tertiary/aromatic N) is 1. The van der Waals surface area contributed by atoms with E-state index in [9.17, 15) is 12.8 Å². The maximum atomic E-state index is 14.4. The molecule has 2 N–H and O–H groups in total. The molecule has 0 aromatic heterocycles. The zero-order chi connectivity index (χ0) is 15.8. The topological polar surface area (TPSA) is 63.4 Å². The number of piperidine rings is 1. The molecule has 1 aliphatic heterocycles. The van der Waals surface area contributed by atoms with Crippen LogP contribution < -0.4 is 5.73 Å². The van der Waals surface area contributed by atoms with Gasteiger partial charge in [0.2, 0.25) is 10.0 Å². The van der Waals surface area contributed by atoms with Gasteiger partial charge in [-0.15, -0.1) is 0 Å². The van der Waals surface area contributed by atoms with Gasteiger partial charge >= 0.3 is 0 Å².